The van der Waals surface area contributed by atoms with Crippen LogP contribution in [0.3, 0.4) is 0 Å². The molecule has 16 heavy (non-hydrogen) atoms. The van der Waals surface area contributed by atoms with Gasteiger partial charge in [-0.2, -0.15) is 0 Å². The molecule has 0 aliphatic rings. The zero-order valence-electron chi connectivity index (χ0n) is 9.86. The van der Waals surface area contributed by atoms with Gasteiger partial charge in [0.25, 0.3) is 0 Å². The Morgan fingerprint density at radius 2 is 2.25 bits per heavy atom. The van der Waals surface area contributed by atoms with Gasteiger partial charge in [0.15, 0.2) is 11.5 Å². The van der Waals surface area contributed by atoms with Crippen LogP contribution in [0.15, 0.2) is 22.6 Å². The summed E-state index contributed by atoms with van der Waals surface area (Å²) in [6, 6.07) is 6.50. The van der Waals surface area contributed by atoms with Crippen LogP contribution in [0.2, 0.25) is 0 Å². The lowest BCUT2D eigenvalue weighted by Crippen LogP contribution is -2.14. The molecule has 1 unspecified atom stereocenters. The standard InChI is InChI=1S/C13H18N2O/c1-9(14)4-3-5-11-6-7-13-12(8-11)15-10(2)16-13/h6-9H,3-5,14H2,1-2H3. The van der Waals surface area contributed by atoms with Crippen LogP contribution >= 0.6 is 0 Å². The van der Waals surface area contributed by atoms with Gasteiger partial charge in [-0.3, -0.25) is 0 Å². The molecule has 0 fully saturated rings. The quantitative estimate of drug-likeness (QED) is 0.858. The van der Waals surface area contributed by atoms with Gasteiger partial charge in [0, 0.05) is 13.0 Å². The van der Waals surface area contributed by atoms with Crippen molar-refractivity contribution in [3.05, 3.63) is 29.7 Å². The first-order valence-electron chi connectivity index (χ1n) is 5.77. The Bertz CT molecular complexity index is 474. The maximum Gasteiger partial charge on any atom is 0.192 e. The number of aromatic nitrogens is 1. The second-order valence-corrected chi connectivity index (χ2v) is 4.40. The first-order chi connectivity index (χ1) is 7.65. The Hall–Kier alpha value is -1.35. The fourth-order valence-electron chi connectivity index (χ4n) is 1.87. The average molecular weight is 218 g/mol. The Morgan fingerprint density at radius 3 is 3.00 bits per heavy atom. The van der Waals surface area contributed by atoms with Crippen molar-refractivity contribution < 1.29 is 4.42 Å². The number of oxazole rings is 1. The fraction of sp³-hybridized carbons (Fsp3) is 0.462. The lowest BCUT2D eigenvalue weighted by atomic mass is 10.1. The van der Waals surface area contributed by atoms with Gasteiger partial charge in [-0.25, -0.2) is 4.98 Å². The van der Waals surface area contributed by atoms with E-state index in [1.165, 1.54) is 5.56 Å². The molecular weight excluding hydrogens is 200 g/mol. The summed E-state index contributed by atoms with van der Waals surface area (Å²) in [5.74, 6) is 0.725. The van der Waals surface area contributed by atoms with Crippen LogP contribution in [0.4, 0.5) is 0 Å². The smallest absolute Gasteiger partial charge is 0.192 e. The van der Waals surface area contributed by atoms with Gasteiger partial charge in [-0.1, -0.05) is 6.07 Å². The molecule has 0 saturated heterocycles. The van der Waals surface area contributed by atoms with Crippen molar-refractivity contribution in [1.82, 2.24) is 4.98 Å². The van der Waals surface area contributed by atoms with Gasteiger partial charge in [-0.05, 0) is 43.9 Å². The first-order valence-corrected chi connectivity index (χ1v) is 5.77. The number of hydrogen-bond donors (Lipinski definition) is 1. The van der Waals surface area contributed by atoms with Gasteiger partial charge >= 0.3 is 0 Å². The van der Waals surface area contributed by atoms with E-state index in [1.54, 1.807) is 0 Å². The summed E-state index contributed by atoms with van der Waals surface area (Å²) in [6.07, 6.45) is 3.25. The van der Waals surface area contributed by atoms with Crippen LogP contribution in [0.5, 0.6) is 0 Å². The Morgan fingerprint density at radius 1 is 1.44 bits per heavy atom. The highest BCUT2D eigenvalue weighted by atomic mass is 16.3. The highest BCUT2D eigenvalue weighted by Gasteiger charge is 2.03. The van der Waals surface area contributed by atoms with Crippen molar-refractivity contribution in [2.24, 2.45) is 5.73 Å². The number of nitrogens with two attached hydrogens (primary N) is 1. The van der Waals surface area contributed by atoms with Crippen LogP contribution in [0, 0.1) is 6.92 Å². The van der Waals surface area contributed by atoms with Gasteiger partial charge in [0.2, 0.25) is 0 Å². The molecule has 1 heterocycles. The number of fused-ring (bicyclic) bond motifs is 1. The predicted octanol–water partition coefficient (Wildman–Crippen LogP) is 2.81. The first kappa shape index (κ1) is 11.1. The van der Waals surface area contributed by atoms with E-state index < -0.39 is 0 Å². The van der Waals surface area contributed by atoms with Crippen molar-refractivity contribution in [2.45, 2.75) is 39.2 Å². The minimum atomic E-state index is 0.290. The molecule has 2 rings (SSSR count). The Balaban J connectivity index is 2.07. The maximum absolute atomic E-state index is 5.72. The number of benzene rings is 1. The molecule has 1 aromatic carbocycles. The molecule has 86 valence electrons. The fourth-order valence-corrected chi connectivity index (χ4v) is 1.87. The highest BCUT2D eigenvalue weighted by molar-refractivity contribution is 5.73. The molecule has 2 N–H and O–H groups in total. The van der Waals surface area contributed by atoms with Crippen LogP contribution in [-0.2, 0) is 6.42 Å². The van der Waals surface area contributed by atoms with Gasteiger partial charge < -0.3 is 10.2 Å². The third-order valence-electron chi connectivity index (χ3n) is 2.68. The third kappa shape index (κ3) is 2.61. The number of nitrogens with zero attached hydrogens (tertiary/aromatic N) is 1. The van der Waals surface area contributed by atoms with E-state index in [1.807, 2.05) is 19.9 Å². The summed E-state index contributed by atoms with van der Waals surface area (Å²) in [5.41, 5.74) is 8.85. The summed E-state index contributed by atoms with van der Waals surface area (Å²) in [5, 5.41) is 0. The van der Waals surface area contributed by atoms with E-state index in [-0.39, 0.29) is 6.04 Å². The Labute approximate surface area is 95.7 Å². The molecule has 3 nitrogen and oxygen atoms in total. The highest BCUT2D eigenvalue weighted by Crippen LogP contribution is 2.18. The molecule has 0 radical (unpaired) electrons. The molecule has 3 heteroatoms. The van der Waals surface area contributed by atoms with E-state index in [0.717, 1.165) is 36.3 Å². The zero-order chi connectivity index (χ0) is 11.5. The van der Waals surface area contributed by atoms with Gasteiger partial charge in [-0.15, -0.1) is 0 Å². The second kappa shape index (κ2) is 4.66. The number of rotatable bonds is 4. The molecule has 1 atom stereocenters. The third-order valence-corrected chi connectivity index (χ3v) is 2.68. The van der Waals surface area contributed by atoms with E-state index in [2.05, 4.69) is 17.1 Å². The summed E-state index contributed by atoms with van der Waals surface area (Å²) >= 11 is 0. The van der Waals surface area contributed by atoms with E-state index >= 15 is 0 Å². The van der Waals surface area contributed by atoms with E-state index in [4.69, 9.17) is 10.2 Å². The lowest BCUT2D eigenvalue weighted by molar-refractivity contribution is 0.561. The molecule has 0 aliphatic heterocycles. The molecule has 0 bridgehead atoms. The van der Waals surface area contributed by atoms with Gasteiger partial charge in [0.1, 0.15) is 5.52 Å². The predicted molar refractivity (Wildman–Crippen MR) is 65.3 cm³/mol. The molecule has 2 aromatic rings. The largest absolute Gasteiger partial charge is 0.441 e. The molecule has 1 aromatic heterocycles. The summed E-state index contributed by atoms with van der Waals surface area (Å²) in [7, 11) is 0. The minimum Gasteiger partial charge on any atom is -0.441 e. The van der Waals surface area contributed by atoms with Crippen molar-refractivity contribution >= 4 is 11.1 Å². The van der Waals surface area contributed by atoms with Crippen molar-refractivity contribution in [3.8, 4) is 0 Å². The maximum atomic E-state index is 5.72. The molecule has 0 aliphatic carbocycles. The summed E-state index contributed by atoms with van der Waals surface area (Å²) < 4.78 is 5.43. The molecule has 0 saturated carbocycles. The van der Waals surface area contributed by atoms with Crippen molar-refractivity contribution in [3.63, 3.8) is 0 Å². The number of aryl methyl sites for hydroxylation is 2. The molecule has 0 spiro atoms. The van der Waals surface area contributed by atoms with Gasteiger partial charge in [0.05, 0.1) is 0 Å². The van der Waals surface area contributed by atoms with Crippen LogP contribution < -0.4 is 5.73 Å². The SMILES string of the molecule is Cc1nc2cc(CCCC(C)N)ccc2o1. The molecule has 0 amide bonds. The molecular formula is C13H18N2O. The van der Waals surface area contributed by atoms with Crippen molar-refractivity contribution in [1.29, 1.82) is 0 Å². The zero-order valence-corrected chi connectivity index (χ0v) is 9.86. The minimum absolute atomic E-state index is 0.290. The summed E-state index contributed by atoms with van der Waals surface area (Å²) in [6.45, 7) is 3.92. The topological polar surface area (TPSA) is 52.0 Å². The van der Waals surface area contributed by atoms with Crippen molar-refractivity contribution in [2.75, 3.05) is 0 Å². The van der Waals surface area contributed by atoms with E-state index in [0.29, 0.717) is 0 Å². The summed E-state index contributed by atoms with van der Waals surface area (Å²) in [4.78, 5) is 4.33. The second-order valence-electron chi connectivity index (χ2n) is 4.40. The monoisotopic (exact) mass is 218 g/mol. The Kier molecular flexibility index (Phi) is 3.25. The normalized spacial score (nSPS) is 13.2. The average Bonchev–Trinajstić information content (AvgIpc) is 2.56. The van der Waals surface area contributed by atoms with Crippen LogP contribution in [-0.4, -0.2) is 11.0 Å². The van der Waals surface area contributed by atoms with Crippen LogP contribution in [0.1, 0.15) is 31.2 Å². The van der Waals surface area contributed by atoms with E-state index in [9.17, 15) is 0 Å². The van der Waals surface area contributed by atoms with Crippen LogP contribution in [0.25, 0.3) is 11.1 Å². The lowest BCUT2D eigenvalue weighted by Gasteiger charge is -2.04. The number of hydrogen-bond acceptors (Lipinski definition) is 3.